The summed E-state index contributed by atoms with van der Waals surface area (Å²) in [4.78, 5) is 22.7. The van der Waals surface area contributed by atoms with Crippen LogP contribution in [0.25, 0.3) is 0 Å². The molecule has 1 unspecified atom stereocenters. The minimum absolute atomic E-state index is 0.0144. The van der Waals surface area contributed by atoms with E-state index in [-0.39, 0.29) is 30.9 Å². The lowest BCUT2D eigenvalue weighted by Gasteiger charge is -2.23. The maximum absolute atomic E-state index is 11.7. The number of carbonyl (C=O) groups excluding carboxylic acids is 2. The third kappa shape index (κ3) is 4.42. The van der Waals surface area contributed by atoms with Crippen molar-refractivity contribution in [3.05, 3.63) is 29.3 Å². The van der Waals surface area contributed by atoms with Crippen LogP contribution in [0.15, 0.2) is 24.3 Å². The van der Waals surface area contributed by atoms with E-state index < -0.39 is 0 Å². The lowest BCUT2D eigenvalue weighted by Crippen LogP contribution is -2.47. The van der Waals surface area contributed by atoms with Crippen LogP contribution in [0, 0.1) is 0 Å². The van der Waals surface area contributed by atoms with Gasteiger partial charge in [0.15, 0.2) is 0 Å². The van der Waals surface area contributed by atoms with E-state index in [2.05, 4.69) is 10.6 Å². The number of nitrogens with one attached hydrogen (secondary N) is 2. The third-order valence-electron chi connectivity index (χ3n) is 3.05. The van der Waals surface area contributed by atoms with E-state index in [1.165, 1.54) is 0 Å². The number of ether oxygens (including phenoxy) is 1. The van der Waals surface area contributed by atoms with Gasteiger partial charge in [-0.3, -0.25) is 9.59 Å². The highest BCUT2D eigenvalue weighted by Gasteiger charge is 2.19. The first-order valence-corrected chi connectivity index (χ1v) is 6.96. The van der Waals surface area contributed by atoms with Crippen molar-refractivity contribution in [1.29, 1.82) is 0 Å². The van der Waals surface area contributed by atoms with Crippen LogP contribution in [0.3, 0.4) is 0 Å². The minimum Gasteiger partial charge on any atom is -0.491 e. The van der Waals surface area contributed by atoms with Gasteiger partial charge in [0.1, 0.15) is 5.75 Å². The van der Waals surface area contributed by atoms with Crippen molar-refractivity contribution in [2.45, 2.75) is 25.3 Å². The zero-order valence-electron chi connectivity index (χ0n) is 11.0. The number of hydrogen-bond donors (Lipinski definition) is 2. The standard InChI is InChI=1S/C14H17ClN2O3/c15-11-3-1-2-4-12(11)20-8-7-14(19)17-10-5-6-13(18)16-9-10/h1-4,10H,5-9H2,(H,16,18)(H,17,19). The van der Waals surface area contributed by atoms with E-state index in [0.717, 1.165) is 0 Å². The number of hydrogen-bond acceptors (Lipinski definition) is 3. The second-order valence-electron chi connectivity index (χ2n) is 4.64. The van der Waals surface area contributed by atoms with Gasteiger partial charge in [-0.2, -0.15) is 0 Å². The molecule has 0 aliphatic carbocycles. The minimum atomic E-state index is -0.0850. The van der Waals surface area contributed by atoms with Gasteiger partial charge in [0.2, 0.25) is 11.8 Å². The highest BCUT2D eigenvalue weighted by molar-refractivity contribution is 6.32. The van der Waals surface area contributed by atoms with Gasteiger partial charge in [-0.1, -0.05) is 23.7 Å². The van der Waals surface area contributed by atoms with Gasteiger partial charge in [-0.05, 0) is 18.6 Å². The molecule has 2 N–H and O–H groups in total. The summed E-state index contributed by atoms with van der Waals surface area (Å²) in [5.74, 6) is 0.530. The fourth-order valence-corrected chi connectivity index (χ4v) is 2.16. The molecule has 1 aliphatic rings. The number of rotatable bonds is 5. The summed E-state index contributed by atoms with van der Waals surface area (Å²) in [5, 5.41) is 6.13. The fourth-order valence-electron chi connectivity index (χ4n) is 1.97. The Hall–Kier alpha value is -1.75. The first-order valence-electron chi connectivity index (χ1n) is 6.58. The topological polar surface area (TPSA) is 67.4 Å². The molecular weight excluding hydrogens is 280 g/mol. The quantitative estimate of drug-likeness (QED) is 0.865. The van der Waals surface area contributed by atoms with Crippen molar-refractivity contribution in [3.8, 4) is 5.75 Å². The predicted octanol–water partition coefficient (Wildman–Crippen LogP) is 1.50. The first-order chi connectivity index (χ1) is 9.65. The Bertz CT molecular complexity index is 483. The number of piperidine rings is 1. The molecule has 5 nitrogen and oxygen atoms in total. The molecule has 20 heavy (non-hydrogen) atoms. The molecule has 108 valence electrons. The zero-order valence-corrected chi connectivity index (χ0v) is 11.8. The maximum Gasteiger partial charge on any atom is 0.223 e. The molecule has 0 spiro atoms. The third-order valence-corrected chi connectivity index (χ3v) is 3.37. The van der Waals surface area contributed by atoms with Gasteiger partial charge in [0.05, 0.1) is 18.1 Å². The van der Waals surface area contributed by atoms with Crippen LogP contribution < -0.4 is 15.4 Å². The van der Waals surface area contributed by atoms with Crippen LogP contribution in [0.2, 0.25) is 5.02 Å². The van der Waals surface area contributed by atoms with Crippen LogP contribution >= 0.6 is 11.6 Å². The molecule has 6 heteroatoms. The average Bonchev–Trinajstić information content (AvgIpc) is 2.43. The SMILES string of the molecule is O=C1CCC(NC(=O)CCOc2ccccc2Cl)CN1. The van der Waals surface area contributed by atoms with E-state index in [4.69, 9.17) is 16.3 Å². The van der Waals surface area contributed by atoms with Crippen LogP contribution in [0.4, 0.5) is 0 Å². The Morgan fingerprint density at radius 2 is 2.25 bits per heavy atom. The predicted molar refractivity (Wildman–Crippen MR) is 75.7 cm³/mol. The molecular formula is C14H17ClN2O3. The van der Waals surface area contributed by atoms with Crippen molar-refractivity contribution in [1.82, 2.24) is 10.6 Å². The van der Waals surface area contributed by atoms with Crippen LogP contribution in [-0.2, 0) is 9.59 Å². The molecule has 1 fully saturated rings. The van der Waals surface area contributed by atoms with E-state index in [0.29, 0.717) is 30.2 Å². The molecule has 0 radical (unpaired) electrons. The average molecular weight is 297 g/mol. The molecule has 1 heterocycles. The summed E-state index contributed by atoms with van der Waals surface area (Å²) < 4.78 is 5.45. The first kappa shape index (κ1) is 14.7. The van der Waals surface area contributed by atoms with Gasteiger partial charge < -0.3 is 15.4 Å². The van der Waals surface area contributed by atoms with E-state index in [1.54, 1.807) is 12.1 Å². The normalized spacial score (nSPS) is 18.2. The largest absolute Gasteiger partial charge is 0.491 e. The Labute approximate surface area is 122 Å². The van der Waals surface area contributed by atoms with E-state index in [9.17, 15) is 9.59 Å². The lowest BCUT2D eigenvalue weighted by atomic mass is 10.1. The van der Waals surface area contributed by atoms with Gasteiger partial charge in [0.25, 0.3) is 0 Å². The summed E-state index contributed by atoms with van der Waals surface area (Å²) in [7, 11) is 0. The molecule has 1 aliphatic heterocycles. The number of amides is 2. The highest BCUT2D eigenvalue weighted by atomic mass is 35.5. The second-order valence-corrected chi connectivity index (χ2v) is 5.04. The molecule has 0 bridgehead atoms. The summed E-state index contributed by atoms with van der Waals surface area (Å²) >= 11 is 5.94. The molecule has 1 atom stereocenters. The van der Waals surface area contributed by atoms with E-state index in [1.807, 2.05) is 12.1 Å². The fraction of sp³-hybridized carbons (Fsp3) is 0.429. The Morgan fingerprint density at radius 3 is 2.95 bits per heavy atom. The lowest BCUT2D eigenvalue weighted by molar-refractivity contribution is -0.125. The zero-order chi connectivity index (χ0) is 14.4. The van der Waals surface area contributed by atoms with E-state index >= 15 is 0 Å². The van der Waals surface area contributed by atoms with Crippen molar-refractivity contribution in [3.63, 3.8) is 0 Å². The summed E-state index contributed by atoms with van der Waals surface area (Å²) in [6.07, 6.45) is 1.40. The molecule has 0 saturated carbocycles. The smallest absolute Gasteiger partial charge is 0.223 e. The molecule has 2 amide bonds. The van der Waals surface area contributed by atoms with Crippen molar-refractivity contribution in [2.75, 3.05) is 13.2 Å². The van der Waals surface area contributed by atoms with Crippen molar-refractivity contribution < 1.29 is 14.3 Å². The Kier molecular flexibility index (Phi) is 5.24. The summed E-state index contributed by atoms with van der Waals surface area (Å²) in [5.41, 5.74) is 0. The summed E-state index contributed by atoms with van der Waals surface area (Å²) in [6.45, 7) is 0.768. The van der Waals surface area contributed by atoms with Crippen LogP contribution in [0.5, 0.6) is 5.75 Å². The number of halogens is 1. The Morgan fingerprint density at radius 1 is 1.45 bits per heavy atom. The Balaban J connectivity index is 1.68. The number of para-hydroxylation sites is 1. The molecule has 1 aromatic carbocycles. The number of benzene rings is 1. The molecule has 0 aromatic heterocycles. The van der Waals surface area contributed by atoms with Gasteiger partial charge in [0, 0.05) is 19.0 Å². The molecule has 1 aromatic rings. The van der Waals surface area contributed by atoms with Gasteiger partial charge in [-0.15, -0.1) is 0 Å². The van der Waals surface area contributed by atoms with Crippen LogP contribution in [-0.4, -0.2) is 31.0 Å². The highest BCUT2D eigenvalue weighted by Crippen LogP contribution is 2.23. The van der Waals surface area contributed by atoms with Gasteiger partial charge in [-0.25, -0.2) is 0 Å². The number of carbonyl (C=O) groups is 2. The summed E-state index contributed by atoms with van der Waals surface area (Å²) in [6, 6.07) is 7.16. The maximum atomic E-state index is 11.7. The molecule has 1 saturated heterocycles. The van der Waals surface area contributed by atoms with Crippen LogP contribution in [0.1, 0.15) is 19.3 Å². The van der Waals surface area contributed by atoms with Gasteiger partial charge >= 0.3 is 0 Å². The van der Waals surface area contributed by atoms with Crippen molar-refractivity contribution in [2.24, 2.45) is 0 Å². The monoisotopic (exact) mass is 296 g/mol. The van der Waals surface area contributed by atoms with Crippen molar-refractivity contribution >= 4 is 23.4 Å². The second kappa shape index (κ2) is 7.14. The molecule has 2 rings (SSSR count).